The number of ether oxygens (including phenoxy) is 2. The van der Waals surface area contributed by atoms with E-state index in [1.807, 2.05) is 0 Å². The van der Waals surface area contributed by atoms with E-state index in [0.717, 1.165) is 17.4 Å². The highest BCUT2D eigenvalue weighted by atomic mass is 35.5. The van der Waals surface area contributed by atoms with Crippen LogP contribution in [0, 0.1) is 12.7 Å². The highest BCUT2D eigenvalue weighted by molar-refractivity contribution is 7.18. The molecule has 0 atom stereocenters. The number of thiophene rings is 1. The van der Waals surface area contributed by atoms with Gasteiger partial charge in [-0.15, -0.1) is 11.3 Å². The average molecular weight is 443 g/mol. The van der Waals surface area contributed by atoms with E-state index < -0.39 is 24.3 Å². The molecule has 0 aliphatic heterocycles. The van der Waals surface area contributed by atoms with Crippen LogP contribution in [0.5, 0.6) is 5.75 Å². The van der Waals surface area contributed by atoms with E-state index in [1.165, 1.54) is 17.0 Å². The second-order valence-corrected chi connectivity index (χ2v) is 7.52. The first-order valence-electron chi connectivity index (χ1n) is 8.55. The molecule has 2 aromatic rings. The Morgan fingerprint density at radius 2 is 1.97 bits per heavy atom. The minimum atomic E-state index is -0.638. The predicted octanol–water partition coefficient (Wildman–Crippen LogP) is 3.75. The van der Waals surface area contributed by atoms with Gasteiger partial charge in [0.05, 0.1) is 22.1 Å². The van der Waals surface area contributed by atoms with Gasteiger partial charge in [0.25, 0.3) is 11.8 Å². The molecule has 1 aromatic heterocycles. The molecule has 0 unspecified atom stereocenters. The average Bonchev–Trinajstić information content (AvgIpc) is 2.98. The Morgan fingerprint density at radius 1 is 1.28 bits per heavy atom. The van der Waals surface area contributed by atoms with Crippen LogP contribution < -0.4 is 10.1 Å². The van der Waals surface area contributed by atoms with Crippen LogP contribution in [0.2, 0.25) is 5.02 Å². The minimum Gasteiger partial charge on any atom is -0.484 e. The highest BCUT2D eigenvalue weighted by Gasteiger charge is 2.27. The van der Waals surface area contributed by atoms with E-state index in [4.69, 9.17) is 21.1 Å². The molecule has 1 N–H and O–H groups in total. The standard InChI is InChI=1S/C19H20ClFN2O5S/c1-5-27-19(26)15-10(2)16(18(25)23(3)4)29-17(15)22-14(24)9-28-11-6-7-13(21)12(20)8-11/h6-8H,5,9H2,1-4H3,(H,22,24). The van der Waals surface area contributed by atoms with Crippen LogP contribution in [0.25, 0.3) is 0 Å². The lowest BCUT2D eigenvalue weighted by atomic mass is 10.1. The third-order valence-electron chi connectivity index (χ3n) is 3.74. The van der Waals surface area contributed by atoms with Crippen molar-refractivity contribution in [1.82, 2.24) is 4.90 Å². The Kier molecular flexibility index (Phi) is 7.58. The van der Waals surface area contributed by atoms with Crippen LogP contribution in [0.15, 0.2) is 18.2 Å². The molecule has 0 radical (unpaired) electrons. The lowest BCUT2D eigenvalue weighted by Crippen LogP contribution is -2.21. The second-order valence-electron chi connectivity index (χ2n) is 6.09. The van der Waals surface area contributed by atoms with Crippen LogP contribution in [0.1, 0.15) is 32.5 Å². The summed E-state index contributed by atoms with van der Waals surface area (Å²) >= 11 is 6.66. The van der Waals surface area contributed by atoms with Gasteiger partial charge in [0, 0.05) is 20.2 Å². The fourth-order valence-corrected chi connectivity index (χ4v) is 3.74. The third-order valence-corrected chi connectivity index (χ3v) is 5.23. The van der Waals surface area contributed by atoms with Crippen LogP contribution in [-0.2, 0) is 9.53 Å². The molecule has 7 nitrogen and oxygen atoms in total. The van der Waals surface area contributed by atoms with Crippen molar-refractivity contribution in [2.75, 3.05) is 32.6 Å². The molecule has 0 aliphatic carbocycles. The van der Waals surface area contributed by atoms with Gasteiger partial charge in [-0.3, -0.25) is 9.59 Å². The van der Waals surface area contributed by atoms with Gasteiger partial charge in [-0.2, -0.15) is 0 Å². The van der Waals surface area contributed by atoms with Crippen molar-refractivity contribution in [3.05, 3.63) is 45.0 Å². The van der Waals surface area contributed by atoms with Gasteiger partial charge in [-0.25, -0.2) is 9.18 Å². The molecule has 156 valence electrons. The van der Waals surface area contributed by atoms with Gasteiger partial charge in [0.2, 0.25) is 0 Å². The van der Waals surface area contributed by atoms with Gasteiger partial charge < -0.3 is 19.7 Å². The number of nitrogens with one attached hydrogen (secondary N) is 1. The van der Waals surface area contributed by atoms with Gasteiger partial charge in [-0.05, 0) is 31.5 Å². The number of rotatable bonds is 7. The largest absolute Gasteiger partial charge is 0.484 e. The van der Waals surface area contributed by atoms with Crippen molar-refractivity contribution in [3.8, 4) is 5.75 Å². The summed E-state index contributed by atoms with van der Waals surface area (Å²) in [5.74, 6) is -1.89. The van der Waals surface area contributed by atoms with Crippen LogP contribution in [0.4, 0.5) is 9.39 Å². The van der Waals surface area contributed by atoms with Gasteiger partial charge in [0.1, 0.15) is 16.6 Å². The lowest BCUT2D eigenvalue weighted by molar-refractivity contribution is -0.118. The molecular formula is C19H20ClFN2O5S. The smallest absolute Gasteiger partial charge is 0.341 e. The van der Waals surface area contributed by atoms with Crippen molar-refractivity contribution in [2.45, 2.75) is 13.8 Å². The molecule has 0 spiro atoms. The maximum atomic E-state index is 13.2. The first-order chi connectivity index (χ1) is 13.6. The van der Waals surface area contributed by atoms with Crippen LogP contribution in [-0.4, -0.2) is 50.0 Å². The van der Waals surface area contributed by atoms with Gasteiger partial charge in [-0.1, -0.05) is 11.6 Å². The molecule has 2 rings (SSSR count). The zero-order valence-corrected chi connectivity index (χ0v) is 17.9. The number of carbonyl (C=O) groups is 3. The van der Waals surface area contributed by atoms with E-state index >= 15 is 0 Å². The summed E-state index contributed by atoms with van der Waals surface area (Å²) in [6.45, 7) is 3.02. The Hall–Kier alpha value is -2.65. The monoisotopic (exact) mass is 442 g/mol. The van der Waals surface area contributed by atoms with Crippen LogP contribution in [0.3, 0.4) is 0 Å². The predicted molar refractivity (Wildman–Crippen MR) is 109 cm³/mol. The SMILES string of the molecule is CCOC(=O)c1c(NC(=O)COc2ccc(F)c(Cl)c2)sc(C(=O)N(C)C)c1C. The summed E-state index contributed by atoms with van der Waals surface area (Å²) in [6, 6.07) is 3.70. The number of esters is 1. The summed E-state index contributed by atoms with van der Waals surface area (Å²) < 4.78 is 23.5. The molecule has 0 fully saturated rings. The summed E-state index contributed by atoms with van der Waals surface area (Å²) in [5, 5.41) is 2.64. The zero-order chi connectivity index (χ0) is 21.7. The quantitative estimate of drug-likeness (QED) is 0.660. The maximum absolute atomic E-state index is 13.2. The fraction of sp³-hybridized carbons (Fsp3) is 0.316. The number of nitrogens with zero attached hydrogens (tertiary/aromatic N) is 1. The van der Waals surface area contributed by atoms with E-state index in [-0.39, 0.29) is 33.9 Å². The molecule has 1 heterocycles. The zero-order valence-electron chi connectivity index (χ0n) is 16.3. The van der Waals surface area contributed by atoms with E-state index in [2.05, 4.69) is 5.32 Å². The first-order valence-corrected chi connectivity index (χ1v) is 9.75. The van der Waals surface area contributed by atoms with Crippen molar-refractivity contribution in [1.29, 1.82) is 0 Å². The molecule has 10 heteroatoms. The molecule has 1 aromatic carbocycles. The molecule has 0 saturated carbocycles. The summed E-state index contributed by atoms with van der Waals surface area (Å²) in [4.78, 5) is 38.7. The first kappa shape index (κ1) is 22.6. The van der Waals surface area contributed by atoms with Gasteiger partial charge in [0.15, 0.2) is 6.61 Å². The molecule has 0 aliphatic rings. The van der Waals surface area contributed by atoms with Gasteiger partial charge >= 0.3 is 5.97 Å². The molecule has 29 heavy (non-hydrogen) atoms. The Balaban J connectivity index is 2.21. The van der Waals surface area contributed by atoms with E-state index in [0.29, 0.717) is 10.4 Å². The van der Waals surface area contributed by atoms with E-state index in [1.54, 1.807) is 27.9 Å². The number of amides is 2. The number of halogens is 2. The number of carbonyl (C=O) groups excluding carboxylic acids is 3. The number of benzene rings is 1. The second kappa shape index (κ2) is 9.71. The van der Waals surface area contributed by atoms with Crippen molar-refractivity contribution in [2.24, 2.45) is 0 Å². The Labute approximate surface area is 176 Å². The number of anilines is 1. The Morgan fingerprint density at radius 3 is 2.55 bits per heavy atom. The highest BCUT2D eigenvalue weighted by Crippen LogP contribution is 2.34. The maximum Gasteiger partial charge on any atom is 0.341 e. The summed E-state index contributed by atoms with van der Waals surface area (Å²) in [5.41, 5.74) is 0.550. The normalized spacial score (nSPS) is 10.4. The minimum absolute atomic E-state index is 0.125. The molecular weight excluding hydrogens is 423 g/mol. The Bertz CT molecular complexity index is 945. The topological polar surface area (TPSA) is 84.9 Å². The summed E-state index contributed by atoms with van der Waals surface area (Å²) in [6.07, 6.45) is 0. The van der Waals surface area contributed by atoms with E-state index in [9.17, 15) is 18.8 Å². The van der Waals surface area contributed by atoms with Crippen molar-refractivity contribution < 1.29 is 28.2 Å². The summed E-state index contributed by atoms with van der Waals surface area (Å²) in [7, 11) is 3.18. The number of hydrogen-bond acceptors (Lipinski definition) is 6. The fourth-order valence-electron chi connectivity index (χ4n) is 2.34. The molecule has 0 saturated heterocycles. The molecule has 0 bridgehead atoms. The number of hydrogen-bond donors (Lipinski definition) is 1. The van der Waals surface area contributed by atoms with Crippen LogP contribution >= 0.6 is 22.9 Å². The lowest BCUT2D eigenvalue weighted by Gasteiger charge is -2.09. The van der Waals surface area contributed by atoms with Crippen molar-refractivity contribution >= 4 is 45.7 Å². The van der Waals surface area contributed by atoms with Crippen molar-refractivity contribution in [3.63, 3.8) is 0 Å². The third kappa shape index (κ3) is 5.45. The molecule has 2 amide bonds.